The Morgan fingerprint density at radius 2 is 2.50 bits per heavy atom. The van der Waals surface area contributed by atoms with Crippen LogP contribution < -0.4 is 4.90 Å². The van der Waals surface area contributed by atoms with Crippen LogP contribution in [0.3, 0.4) is 0 Å². The van der Waals surface area contributed by atoms with E-state index in [0.717, 1.165) is 11.4 Å². The highest BCUT2D eigenvalue weighted by Crippen LogP contribution is 2.13. The van der Waals surface area contributed by atoms with Crippen molar-refractivity contribution in [3.05, 3.63) is 36.5 Å². The van der Waals surface area contributed by atoms with Gasteiger partial charge in [0.1, 0.15) is 5.82 Å². The fraction of sp³-hybridized carbons (Fsp3) is 0.200. The summed E-state index contributed by atoms with van der Waals surface area (Å²) < 4.78 is 0. The van der Waals surface area contributed by atoms with Gasteiger partial charge < -0.3 is 10.1 Å². The molecule has 0 aliphatic carbocycles. The standard InChI is InChI=1S/C10H13N3O/c1-3-7-13(2)10-9(8-12-14)5-4-6-11-10/h3-6,8,14H,1,7H2,2H3/b12-8+. The molecule has 0 aliphatic heterocycles. The van der Waals surface area contributed by atoms with Crippen molar-refractivity contribution in [3.63, 3.8) is 0 Å². The Morgan fingerprint density at radius 1 is 1.71 bits per heavy atom. The number of anilines is 1. The van der Waals surface area contributed by atoms with Crippen LogP contribution in [-0.2, 0) is 0 Å². The average molecular weight is 191 g/mol. The number of oxime groups is 1. The summed E-state index contributed by atoms with van der Waals surface area (Å²) in [7, 11) is 1.90. The molecule has 4 nitrogen and oxygen atoms in total. The highest BCUT2D eigenvalue weighted by Gasteiger charge is 2.04. The van der Waals surface area contributed by atoms with E-state index < -0.39 is 0 Å². The van der Waals surface area contributed by atoms with Crippen LogP contribution in [0.2, 0.25) is 0 Å². The number of pyridine rings is 1. The van der Waals surface area contributed by atoms with Gasteiger partial charge in [-0.2, -0.15) is 0 Å². The van der Waals surface area contributed by atoms with Gasteiger partial charge in [-0.15, -0.1) is 6.58 Å². The summed E-state index contributed by atoms with van der Waals surface area (Å²) in [5.74, 6) is 0.769. The number of aromatic nitrogens is 1. The lowest BCUT2D eigenvalue weighted by atomic mass is 10.2. The highest BCUT2D eigenvalue weighted by molar-refractivity contribution is 5.85. The normalized spacial score (nSPS) is 10.4. The Morgan fingerprint density at radius 3 is 3.14 bits per heavy atom. The molecule has 1 N–H and O–H groups in total. The van der Waals surface area contributed by atoms with E-state index in [9.17, 15) is 0 Å². The summed E-state index contributed by atoms with van der Waals surface area (Å²) in [4.78, 5) is 6.11. The predicted molar refractivity (Wildman–Crippen MR) is 57.1 cm³/mol. The topological polar surface area (TPSA) is 48.7 Å². The van der Waals surface area contributed by atoms with E-state index in [1.165, 1.54) is 6.21 Å². The number of rotatable bonds is 4. The lowest BCUT2D eigenvalue weighted by molar-refractivity contribution is 0.322. The molecular formula is C10H13N3O. The molecule has 0 fully saturated rings. The third kappa shape index (κ3) is 2.32. The first-order valence-corrected chi connectivity index (χ1v) is 4.24. The van der Waals surface area contributed by atoms with E-state index in [-0.39, 0.29) is 0 Å². The van der Waals surface area contributed by atoms with Gasteiger partial charge in [-0.05, 0) is 12.1 Å². The molecule has 0 aromatic carbocycles. The highest BCUT2D eigenvalue weighted by atomic mass is 16.4. The quantitative estimate of drug-likeness (QED) is 0.339. The van der Waals surface area contributed by atoms with E-state index in [4.69, 9.17) is 5.21 Å². The van der Waals surface area contributed by atoms with Crippen molar-refractivity contribution in [2.45, 2.75) is 0 Å². The van der Waals surface area contributed by atoms with Gasteiger partial charge in [-0.25, -0.2) is 4.98 Å². The molecule has 1 rings (SSSR count). The first kappa shape index (κ1) is 10.2. The van der Waals surface area contributed by atoms with E-state index >= 15 is 0 Å². The van der Waals surface area contributed by atoms with Gasteiger partial charge in [0.15, 0.2) is 0 Å². The van der Waals surface area contributed by atoms with Gasteiger partial charge in [-0.1, -0.05) is 11.2 Å². The van der Waals surface area contributed by atoms with Crippen LogP contribution >= 0.6 is 0 Å². The molecule has 14 heavy (non-hydrogen) atoms. The minimum Gasteiger partial charge on any atom is -0.411 e. The number of hydrogen-bond acceptors (Lipinski definition) is 4. The molecule has 0 radical (unpaired) electrons. The van der Waals surface area contributed by atoms with Crippen LogP contribution in [0, 0.1) is 0 Å². The molecule has 1 heterocycles. The third-order valence-electron chi connectivity index (χ3n) is 1.78. The van der Waals surface area contributed by atoms with Gasteiger partial charge >= 0.3 is 0 Å². The van der Waals surface area contributed by atoms with Crippen molar-refractivity contribution in [2.24, 2.45) is 5.16 Å². The zero-order valence-corrected chi connectivity index (χ0v) is 8.09. The maximum atomic E-state index is 8.46. The molecule has 0 saturated carbocycles. The second-order valence-corrected chi connectivity index (χ2v) is 2.83. The van der Waals surface area contributed by atoms with Gasteiger partial charge in [0.2, 0.25) is 0 Å². The molecule has 0 atom stereocenters. The number of nitrogens with zero attached hydrogens (tertiary/aromatic N) is 3. The van der Waals surface area contributed by atoms with Crippen molar-refractivity contribution in [1.82, 2.24) is 4.98 Å². The van der Waals surface area contributed by atoms with Crippen molar-refractivity contribution >= 4 is 12.0 Å². The molecule has 4 heteroatoms. The summed E-state index contributed by atoms with van der Waals surface area (Å²) in [5.41, 5.74) is 0.777. The molecule has 74 valence electrons. The second-order valence-electron chi connectivity index (χ2n) is 2.83. The number of hydrogen-bond donors (Lipinski definition) is 1. The van der Waals surface area contributed by atoms with Crippen LogP contribution in [0.15, 0.2) is 36.1 Å². The smallest absolute Gasteiger partial charge is 0.137 e. The molecule has 0 aliphatic rings. The van der Waals surface area contributed by atoms with E-state index in [1.807, 2.05) is 18.0 Å². The molecule has 1 aromatic heterocycles. The van der Waals surface area contributed by atoms with Gasteiger partial charge in [0, 0.05) is 25.4 Å². The molecular weight excluding hydrogens is 178 g/mol. The predicted octanol–water partition coefficient (Wildman–Crippen LogP) is 1.51. The van der Waals surface area contributed by atoms with Crippen LogP contribution in [0.5, 0.6) is 0 Å². The minimum atomic E-state index is 0.698. The van der Waals surface area contributed by atoms with Crippen LogP contribution in [0.1, 0.15) is 5.56 Å². The fourth-order valence-corrected chi connectivity index (χ4v) is 1.17. The van der Waals surface area contributed by atoms with Gasteiger partial charge in [0.25, 0.3) is 0 Å². The molecule has 0 saturated heterocycles. The second kappa shape index (κ2) is 5.01. The first-order valence-electron chi connectivity index (χ1n) is 4.24. The van der Waals surface area contributed by atoms with E-state index in [2.05, 4.69) is 16.7 Å². The Hall–Kier alpha value is -1.84. The minimum absolute atomic E-state index is 0.698. The Balaban J connectivity index is 2.99. The monoisotopic (exact) mass is 191 g/mol. The maximum absolute atomic E-state index is 8.46. The summed E-state index contributed by atoms with van der Waals surface area (Å²) >= 11 is 0. The zero-order valence-electron chi connectivity index (χ0n) is 8.09. The van der Waals surface area contributed by atoms with Crippen molar-refractivity contribution in [1.29, 1.82) is 0 Å². The van der Waals surface area contributed by atoms with Crippen molar-refractivity contribution in [3.8, 4) is 0 Å². The first-order chi connectivity index (χ1) is 6.79. The lowest BCUT2D eigenvalue weighted by Gasteiger charge is -2.17. The maximum Gasteiger partial charge on any atom is 0.137 e. The molecule has 0 spiro atoms. The van der Waals surface area contributed by atoms with Crippen LogP contribution in [-0.4, -0.2) is 30.0 Å². The summed E-state index contributed by atoms with van der Waals surface area (Å²) in [6.45, 7) is 4.35. The molecule has 0 bridgehead atoms. The zero-order chi connectivity index (χ0) is 10.4. The average Bonchev–Trinajstić information content (AvgIpc) is 2.19. The fourth-order valence-electron chi connectivity index (χ4n) is 1.17. The molecule has 0 unspecified atom stereocenters. The van der Waals surface area contributed by atoms with E-state index in [1.54, 1.807) is 18.3 Å². The van der Waals surface area contributed by atoms with E-state index in [0.29, 0.717) is 6.54 Å². The van der Waals surface area contributed by atoms with Crippen LogP contribution in [0.25, 0.3) is 0 Å². The Bertz CT molecular complexity index is 336. The Labute approximate surface area is 83.2 Å². The van der Waals surface area contributed by atoms with Crippen LogP contribution in [0.4, 0.5) is 5.82 Å². The third-order valence-corrected chi connectivity index (χ3v) is 1.78. The molecule has 0 amide bonds. The van der Waals surface area contributed by atoms with Gasteiger partial charge in [0.05, 0.1) is 6.21 Å². The Kier molecular flexibility index (Phi) is 3.67. The largest absolute Gasteiger partial charge is 0.411 e. The summed E-state index contributed by atoms with van der Waals surface area (Å²) in [5, 5.41) is 11.5. The lowest BCUT2D eigenvalue weighted by Crippen LogP contribution is -2.19. The molecule has 1 aromatic rings. The van der Waals surface area contributed by atoms with Gasteiger partial charge in [-0.3, -0.25) is 0 Å². The summed E-state index contributed by atoms with van der Waals surface area (Å²) in [6.07, 6.45) is 4.85. The van der Waals surface area contributed by atoms with Crippen molar-refractivity contribution in [2.75, 3.05) is 18.5 Å². The SMILES string of the molecule is C=CCN(C)c1ncccc1/C=N/O. The number of likely N-dealkylation sites (N-methyl/N-ethyl adjacent to an activating group) is 1. The summed E-state index contributed by atoms with van der Waals surface area (Å²) in [6, 6.07) is 3.63. The van der Waals surface area contributed by atoms with Crippen molar-refractivity contribution < 1.29 is 5.21 Å².